The van der Waals surface area contributed by atoms with Crippen LogP contribution in [0.4, 0.5) is 4.39 Å². The van der Waals surface area contributed by atoms with Crippen molar-refractivity contribution in [3.63, 3.8) is 0 Å². The molecular weight excluding hydrogens is 259 g/mol. The number of piperidine rings is 1. The molecule has 0 atom stereocenters. The van der Waals surface area contributed by atoms with E-state index in [2.05, 4.69) is 10.3 Å². The van der Waals surface area contributed by atoms with Gasteiger partial charge in [0.25, 0.3) is 5.91 Å². The predicted octanol–water partition coefficient (Wildman–Crippen LogP) is 2.03. The Labute approximate surface area is 116 Å². The zero-order chi connectivity index (χ0) is 13.9. The topological polar surface area (TPSA) is 51.0 Å². The fourth-order valence-electron chi connectivity index (χ4n) is 2.34. The lowest BCUT2D eigenvalue weighted by molar-refractivity contribution is 0.0718. The van der Waals surface area contributed by atoms with Crippen molar-refractivity contribution in [2.45, 2.75) is 19.3 Å². The maximum Gasteiger partial charge on any atom is 0.276 e. The van der Waals surface area contributed by atoms with Crippen molar-refractivity contribution in [3.8, 4) is 5.69 Å². The Morgan fingerprint density at radius 1 is 1.10 bits per heavy atom. The van der Waals surface area contributed by atoms with Crippen LogP contribution < -0.4 is 0 Å². The molecule has 6 heteroatoms. The molecule has 1 aliphatic heterocycles. The van der Waals surface area contributed by atoms with E-state index in [1.165, 1.54) is 23.2 Å². The van der Waals surface area contributed by atoms with Crippen molar-refractivity contribution < 1.29 is 9.18 Å². The summed E-state index contributed by atoms with van der Waals surface area (Å²) in [6, 6.07) is 5.89. The molecular formula is C14H15FN4O. The molecule has 1 saturated heterocycles. The molecule has 104 valence electrons. The summed E-state index contributed by atoms with van der Waals surface area (Å²) in [5.41, 5.74) is 1.01. The van der Waals surface area contributed by atoms with Crippen LogP contribution in [-0.2, 0) is 0 Å². The molecule has 2 aromatic rings. The first kappa shape index (κ1) is 12.8. The lowest BCUT2D eigenvalue weighted by Gasteiger charge is -2.25. The Morgan fingerprint density at radius 3 is 2.50 bits per heavy atom. The summed E-state index contributed by atoms with van der Waals surface area (Å²) < 4.78 is 14.4. The van der Waals surface area contributed by atoms with Crippen molar-refractivity contribution in [2.24, 2.45) is 0 Å². The highest BCUT2D eigenvalue weighted by molar-refractivity contribution is 5.92. The van der Waals surface area contributed by atoms with Crippen molar-refractivity contribution in [3.05, 3.63) is 42.0 Å². The van der Waals surface area contributed by atoms with Crippen LogP contribution in [0.2, 0.25) is 0 Å². The Balaban J connectivity index is 1.79. The quantitative estimate of drug-likeness (QED) is 0.842. The number of nitrogens with zero attached hydrogens (tertiary/aromatic N) is 4. The van der Waals surface area contributed by atoms with Crippen molar-refractivity contribution >= 4 is 5.91 Å². The van der Waals surface area contributed by atoms with Crippen LogP contribution in [0, 0.1) is 5.82 Å². The third-order valence-electron chi connectivity index (χ3n) is 3.45. The lowest BCUT2D eigenvalue weighted by atomic mass is 10.1. The molecule has 1 fully saturated rings. The van der Waals surface area contributed by atoms with E-state index >= 15 is 0 Å². The molecule has 0 radical (unpaired) electrons. The average molecular weight is 274 g/mol. The fraction of sp³-hybridized carbons (Fsp3) is 0.357. The van der Waals surface area contributed by atoms with Gasteiger partial charge in [-0.05, 0) is 43.5 Å². The number of rotatable bonds is 2. The van der Waals surface area contributed by atoms with Gasteiger partial charge in [0, 0.05) is 13.1 Å². The van der Waals surface area contributed by atoms with Crippen LogP contribution in [0.1, 0.15) is 29.8 Å². The van der Waals surface area contributed by atoms with Crippen molar-refractivity contribution in [2.75, 3.05) is 13.1 Å². The standard InChI is InChI=1S/C14H15FN4O/c15-11-4-6-12(7-5-11)19-10-13(16-17-19)14(20)18-8-2-1-3-9-18/h4-7,10H,1-3,8-9H2. The number of benzene rings is 1. The van der Waals surface area contributed by atoms with Gasteiger partial charge in [0.1, 0.15) is 5.82 Å². The molecule has 0 saturated carbocycles. The number of carbonyl (C=O) groups excluding carboxylic acids is 1. The summed E-state index contributed by atoms with van der Waals surface area (Å²) >= 11 is 0. The summed E-state index contributed by atoms with van der Waals surface area (Å²) in [5, 5.41) is 7.85. The Bertz CT molecular complexity index is 602. The molecule has 1 aliphatic rings. The first-order valence-electron chi connectivity index (χ1n) is 6.71. The van der Waals surface area contributed by atoms with Crippen LogP contribution in [0.3, 0.4) is 0 Å². The maximum atomic E-state index is 12.9. The summed E-state index contributed by atoms with van der Waals surface area (Å²) in [4.78, 5) is 14.1. The highest BCUT2D eigenvalue weighted by Gasteiger charge is 2.21. The van der Waals surface area contributed by atoms with Crippen LogP contribution in [0.25, 0.3) is 5.69 Å². The van der Waals surface area contributed by atoms with E-state index in [-0.39, 0.29) is 11.7 Å². The first-order valence-corrected chi connectivity index (χ1v) is 6.71. The highest BCUT2D eigenvalue weighted by atomic mass is 19.1. The Hall–Kier alpha value is -2.24. The summed E-state index contributed by atoms with van der Waals surface area (Å²) in [6.07, 6.45) is 4.84. The van der Waals surface area contributed by atoms with Gasteiger partial charge in [-0.3, -0.25) is 4.79 Å². The SMILES string of the molecule is O=C(c1cn(-c2ccc(F)cc2)nn1)N1CCCCC1. The van der Waals surface area contributed by atoms with Gasteiger partial charge in [0.15, 0.2) is 5.69 Å². The monoisotopic (exact) mass is 274 g/mol. The van der Waals surface area contributed by atoms with Gasteiger partial charge in [-0.25, -0.2) is 9.07 Å². The molecule has 5 nitrogen and oxygen atoms in total. The Morgan fingerprint density at radius 2 is 1.80 bits per heavy atom. The minimum atomic E-state index is -0.307. The second-order valence-corrected chi connectivity index (χ2v) is 4.88. The molecule has 0 bridgehead atoms. The zero-order valence-corrected chi connectivity index (χ0v) is 11.0. The molecule has 1 aromatic heterocycles. The van der Waals surface area contributed by atoms with Gasteiger partial charge in [-0.1, -0.05) is 5.21 Å². The van der Waals surface area contributed by atoms with E-state index in [0.29, 0.717) is 11.4 Å². The molecule has 20 heavy (non-hydrogen) atoms. The highest BCUT2D eigenvalue weighted by Crippen LogP contribution is 2.13. The van der Waals surface area contributed by atoms with Gasteiger partial charge >= 0.3 is 0 Å². The second kappa shape index (κ2) is 5.40. The van der Waals surface area contributed by atoms with Crippen LogP contribution in [0.5, 0.6) is 0 Å². The maximum absolute atomic E-state index is 12.9. The van der Waals surface area contributed by atoms with E-state index in [1.54, 1.807) is 18.3 Å². The largest absolute Gasteiger partial charge is 0.337 e. The molecule has 0 spiro atoms. The molecule has 3 rings (SSSR count). The number of aromatic nitrogens is 3. The van der Waals surface area contributed by atoms with E-state index in [4.69, 9.17) is 0 Å². The normalized spacial score (nSPS) is 15.3. The van der Waals surface area contributed by atoms with E-state index < -0.39 is 0 Å². The van der Waals surface area contributed by atoms with Crippen molar-refractivity contribution in [1.82, 2.24) is 19.9 Å². The third-order valence-corrected chi connectivity index (χ3v) is 3.45. The van der Waals surface area contributed by atoms with Gasteiger partial charge in [-0.15, -0.1) is 5.10 Å². The number of hydrogen-bond donors (Lipinski definition) is 0. The molecule has 0 aliphatic carbocycles. The molecule has 1 amide bonds. The Kier molecular flexibility index (Phi) is 3.45. The number of carbonyl (C=O) groups is 1. The summed E-state index contributed by atoms with van der Waals surface area (Å²) in [6.45, 7) is 1.56. The molecule has 0 unspecified atom stereocenters. The predicted molar refractivity (Wildman–Crippen MR) is 71.1 cm³/mol. The van der Waals surface area contributed by atoms with Gasteiger partial charge in [0.2, 0.25) is 0 Å². The van der Waals surface area contributed by atoms with Gasteiger partial charge in [-0.2, -0.15) is 0 Å². The zero-order valence-electron chi connectivity index (χ0n) is 11.0. The minimum absolute atomic E-state index is 0.0851. The lowest BCUT2D eigenvalue weighted by Crippen LogP contribution is -2.35. The fourth-order valence-corrected chi connectivity index (χ4v) is 2.34. The number of hydrogen-bond acceptors (Lipinski definition) is 3. The van der Waals surface area contributed by atoms with E-state index in [9.17, 15) is 9.18 Å². The van der Waals surface area contributed by atoms with Gasteiger partial charge in [0.05, 0.1) is 11.9 Å². The molecule has 0 N–H and O–H groups in total. The van der Waals surface area contributed by atoms with Crippen LogP contribution >= 0.6 is 0 Å². The molecule has 1 aromatic carbocycles. The molecule has 2 heterocycles. The van der Waals surface area contributed by atoms with Gasteiger partial charge < -0.3 is 4.90 Å². The van der Waals surface area contributed by atoms with Crippen LogP contribution in [-0.4, -0.2) is 38.9 Å². The van der Waals surface area contributed by atoms with E-state index in [1.807, 2.05) is 4.90 Å². The number of halogens is 1. The first-order chi connectivity index (χ1) is 9.74. The summed E-state index contributed by atoms with van der Waals surface area (Å²) in [7, 11) is 0. The smallest absolute Gasteiger partial charge is 0.276 e. The van der Waals surface area contributed by atoms with Crippen LogP contribution in [0.15, 0.2) is 30.5 Å². The number of likely N-dealkylation sites (tertiary alicyclic amines) is 1. The summed E-state index contributed by atoms with van der Waals surface area (Å²) in [5.74, 6) is -0.392. The second-order valence-electron chi connectivity index (χ2n) is 4.88. The average Bonchev–Trinajstić information content (AvgIpc) is 2.98. The van der Waals surface area contributed by atoms with E-state index in [0.717, 1.165) is 25.9 Å². The number of amides is 1. The van der Waals surface area contributed by atoms with Crippen molar-refractivity contribution in [1.29, 1.82) is 0 Å². The minimum Gasteiger partial charge on any atom is -0.337 e. The third kappa shape index (κ3) is 2.54.